The Morgan fingerprint density at radius 1 is 1.24 bits per heavy atom. The van der Waals surface area contributed by atoms with Gasteiger partial charge >= 0.3 is 5.97 Å². The van der Waals surface area contributed by atoms with Crippen LogP contribution in [0.5, 0.6) is 5.88 Å². The third-order valence-electron chi connectivity index (χ3n) is 2.96. The average molecular weight is 306 g/mol. The highest BCUT2D eigenvalue weighted by Gasteiger charge is 2.03. The average Bonchev–Trinajstić information content (AvgIpc) is 2.43. The smallest absolute Gasteiger partial charge is 0.331 e. The molecule has 110 valence electrons. The summed E-state index contributed by atoms with van der Waals surface area (Å²) in [5.74, 6) is -0.882. The molecule has 0 spiro atoms. The Morgan fingerprint density at radius 3 is 2.48 bits per heavy atom. The van der Waals surface area contributed by atoms with Crippen molar-refractivity contribution in [3.8, 4) is 5.88 Å². The van der Waals surface area contributed by atoms with Gasteiger partial charge in [0.2, 0.25) is 5.88 Å². The summed E-state index contributed by atoms with van der Waals surface area (Å²) in [5.41, 5.74) is 2.92. The van der Waals surface area contributed by atoms with Gasteiger partial charge in [-0.2, -0.15) is 0 Å². The summed E-state index contributed by atoms with van der Waals surface area (Å²) in [4.78, 5) is 14.6. The summed E-state index contributed by atoms with van der Waals surface area (Å²) in [5, 5.41) is 18.4. The number of nitrogens with zero attached hydrogens (tertiary/aromatic N) is 1. The minimum absolute atomic E-state index is 0. The number of benzene rings is 1. The van der Waals surface area contributed by atoms with Crippen LogP contribution in [0.3, 0.4) is 0 Å². The molecular weight excluding hydrogens is 290 g/mol. The molecule has 0 bridgehead atoms. The fourth-order valence-electron chi connectivity index (χ4n) is 1.83. The first-order valence-electron chi connectivity index (χ1n) is 6.19. The standard InChI is InChI=1S/C16H15NO3.ClH/c1-11(16(19)20)9-12-4-6-13(7-5-12)10-14-3-2-8-17-15(14)18;/h2-9H,10H2,1H3,(H,17,18)(H,19,20);1H/b11-9+;. The zero-order chi connectivity index (χ0) is 14.5. The zero-order valence-electron chi connectivity index (χ0n) is 11.5. The predicted octanol–water partition coefficient (Wildman–Crippen LogP) is 3.29. The Hall–Kier alpha value is -2.33. The maximum Gasteiger partial charge on any atom is 0.331 e. The van der Waals surface area contributed by atoms with Crippen molar-refractivity contribution in [3.63, 3.8) is 0 Å². The SMILES string of the molecule is C/C(=C\c1ccc(Cc2cccnc2O)cc1)C(=O)O.Cl. The van der Waals surface area contributed by atoms with E-state index < -0.39 is 5.97 Å². The lowest BCUT2D eigenvalue weighted by molar-refractivity contribution is -0.132. The highest BCUT2D eigenvalue weighted by Crippen LogP contribution is 2.18. The molecule has 0 saturated carbocycles. The van der Waals surface area contributed by atoms with Crippen molar-refractivity contribution in [1.29, 1.82) is 0 Å². The van der Waals surface area contributed by atoms with Crippen molar-refractivity contribution in [2.24, 2.45) is 0 Å². The van der Waals surface area contributed by atoms with Crippen molar-refractivity contribution in [2.45, 2.75) is 13.3 Å². The number of pyridine rings is 1. The van der Waals surface area contributed by atoms with E-state index in [-0.39, 0.29) is 18.3 Å². The number of carboxylic acids is 1. The molecule has 1 aromatic carbocycles. The van der Waals surface area contributed by atoms with Gasteiger partial charge in [0.05, 0.1) is 0 Å². The van der Waals surface area contributed by atoms with E-state index in [0.29, 0.717) is 12.0 Å². The van der Waals surface area contributed by atoms with Gasteiger partial charge in [-0.15, -0.1) is 12.4 Å². The summed E-state index contributed by atoms with van der Waals surface area (Å²) < 4.78 is 0. The first kappa shape index (κ1) is 16.7. The van der Waals surface area contributed by atoms with E-state index in [9.17, 15) is 9.90 Å². The van der Waals surface area contributed by atoms with Crippen LogP contribution in [0.1, 0.15) is 23.6 Å². The Bertz CT molecular complexity index is 651. The Kier molecular flexibility index (Phi) is 5.93. The molecule has 2 aromatic rings. The molecule has 0 amide bonds. The van der Waals surface area contributed by atoms with Crippen molar-refractivity contribution >= 4 is 24.5 Å². The number of aromatic hydroxyl groups is 1. The van der Waals surface area contributed by atoms with Crippen LogP contribution < -0.4 is 0 Å². The Balaban J connectivity index is 0.00000220. The maximum absolute atomic E-state index is 10.7. The largest absolute Gasteiger partial charge is 0.493 e. The quantitative estimate of drug-likeness (QED) is 0.850. The van der Waals surface area contributed by atoms with Crippen LogP contribution in [0.15, 0.2) is 48.2 Å². The molecule has 5 heteroatoms. The van der Waals surface area contributed by atoms with Gasteiger partial charge in [-0.05, 0) is 30.2 Å². The minimum Gasteiger partial charge on any atom is -0.493 e. The van der Waals surface area contributed by atoms with E-state index in [1.165, 1.54) is 0 Å². The molecule has 0 aliphatic rings. The molecule has 0 radical (unpaired) electrons. The van der Waals surface area contributed by atoms with Gasteiger partial charge in [-0.25, -0.2) is 9.78 Å². The lowest BCUT2D eigenvalue weighted by Gasteiger charge is -2.04. The monoisotopic (exact) mass is 305 g/mol. The van der Waals surface area contributed by atoms with Crippen molar-refractivity contribution in [3.05, 3.63) is 64.9 Å². The molecule has 1 heterocycles. The number of carboxylic acid groups (broad SMARTS) is 1. The molecule has 2 rings (SSSR count). The highest BCUT2D eigenvalue weighted by molar-refractivity contribution is 5.91. The number of hydrogen-bond acceptors (Lipinski definition) is 3. The summed E-state index contributed by atoms with van der Waals surface area (Å²) in [7, 11) is 0. The molecule has 21 heavy (non-hydrogen) atoms. The fraction of sp³-hybridized carbons (Fsp3) is 0.125. The van der Waals surface area contributed by atoms with Crippen LogP contribution in [0.4, 0.5) is 0 Å². The second-order valence-corrected chi connectivity index (χ2v) is 4.54. The van der Waals surface area contributed by atoms with E-state index in [1.807, 2.05) is 30.3 Å². The van der Waals surface area contributed by atoms with Crippen LogP contribution in [0.2, 0.25) is 0 Å². The lowest BCUT2D eigenvalue weighted by Crippen LogP contribution is -1.95. The number of rotatable bonds is 4. The number of halogens is 1. The van der Waals surface area contributed by atoms with Gasteiger partial charge < -0.3 is 10.2 Å². The predicted molar refractivity (Wildman–Crippen MR) is 83.7 cm³/mol. The summed E-state index contributed by atoms with van der Waals surface area (Å²) in [6.07, 6.45) is 3.75. The summed E-state index contributed by atoms with van der Waals surface area (Å²) in [6.45, 7) is 1.56. The number of aromatic nitrogens is 1. The highest BCUT2D eigenvalue weighted by atomic mass is 35.5. The molecular formula is C16H16ClNO3. The van der Waals surface area contributed by atoms with Gasteiger partial charge in [0.15, 0.2) is 0 Å². The van der Waals surface area contributed by atoms with E-state index in [0.717, 1.165) is 16.7 Å². The van der Waals surface area contributed by atoms with Gasteiger partial charge in [-0.1, -0.05) is 30.3 Å². The molecule has 1 aromatic heterocycles. The van der Waals surface area contributed by atoms with Gasteiger partial charge in [0.25, 0.3) is 0 Å². The maximum atomic E-state index is 10.7. The minimum atomic E-state index is -0.922. The van der Waals surface area contributed by atoms with Crippen molar-refractivity contribution in [2.75, 3.05) is 0 Å². The molecule has 0 atom stereocenters. The van der Waals surface area contributed by atoms with Crippen LogP contribution in [-0.4, -0.2) is 21.2 Å². The third kappa shape index (κ3) is 4.61. The molecule has 4 nitrogen and oxygen atoms in total. The second kappa shape index (κ2) is 7.45. The topological polar surface area (TPSA) is 70.4 Å². The van der Waals surface area contributed by atoms with Crippen molar-refractivity contribution in [1.82, 2.24) is 4.98 Å². The molecule has 2 N–H and O–H groups in total. The summed E-state index contributed by atoms with van der Waals surface area (Å²) in [6, 6.07) is 11.1. The molecule has 0 unspecified atom stereocenters. The van der Waals surface area contributed by atoms with E-state index >= 15 is 0 Å². The van der Waals surface area contributed by atoms with Crippen LogP contribution in [0, 0.1) is 0 Å². The van der Waals surface area contributed by atoms with E-state index in [1.54, 1.807) is 25.3 Å². The van der Waals surface area contributed by atoms with Gasteiger partial charge in [0, 0.05) is 23.8 Å². The molecule has 0 fully saturated rings. The second-order valence-electron chi connectivity index (χ2n) is 4.54. The number of hydrogen-bond donors (Lipinski definition) is 2. The molecule has 0 aliphatic carbocycles. The van der Waals surface area contributed by atoms with Gasteiger partial charge in [0.1, 0.15) is 0 Å². The van der Waals surface area contributed by atoms with Crippen LogP contribution in [0.25, 0.3) is 6.08 Å². The van der Waals surface area contributed by atoms with Crippen LogP contribution in [-0.2, 0) is 11.2 Å². The lowest BCUT2D eigenvalue weighted by atomic mass is 10.0. The first-order chi connectivity index (χ1) is 9.56. The zero-order valence-corrected chi connectivity index (χ0v) is 12.3. The Morgan fingerprint density at radius 2 is 1.90 bits per heavy atom. The normalized spacial score (nSPS) is 10.8. The van der Waals surface area contributed by atoms with Crippen LogP contribution >= 0.6 is 12.4 Å². The number of carbonyl (C=O) groups is 1. The molecule has 0 aliphatic heterocycles. The fourth-order valence-corrected chi connectivity index (χ4v) is 1.83. The first-order valence-corrected chi connectivity index (χ1v) is 6.19. The van der Waals surface area contributed by atoms with Gasteiger partial charge in [-0.3, -0.25) is 0 Å². The molecule has 0 saturated heterocycles. The third-order valence-corrected chi connectivity index (χ3v) is 2.96. The summed E-state index contributed by atoms with van der Waals surface area (Å²) >= 11 is 0. The van der Waals surface area contributed by atoms with E-state index in [2.05, 4.69) is 4.98 Å². The van der Waals surface area contributed by atoms with E-state index in [4.69, 9.17) is 5.11 Å². The number of aliphatic carboxylic acids is 1. The van der Waals surface area contributed by atoms with Crippen molar-refractivity contribution < 1.29 is 15.0 Å². The Labute approximate surface area is 129 Å².